The minimum Gasteiger partial charge on any atom is -0.390 e. The molecular formula is C12H20N2O2. The highest BCUT2D eigenvalue weighted by atomic mass is 16.3. The molecule has 1 aromatic heterocycles. The highest BCUT2D eigenvalue weighted by molar-refractivity contribution is 5.42. The van der Waals surface area contributed by atoms with E-state index in [0.29, 0.717) is 5.56 Å². The van der Waals surface area contributed by atoms with E-state index in [2.05, 4.69) is 4.98 Å². The van der Waals surface area contributed by atoms with Gasteiger partial charge in [-0.05, 0) is 24.0 Å². The van der Waals surface area contributed by atoms with Gasteiger partial charge in [-0.25, -0.2) is 4.98 Å². The molecule has 0 saturated heterocycles. The Kier molecular flexibility index (Phi) is 3.55. The number of aliphatic hydroxyl groups excluding tert-OH is 2. The quantitative estimate of drug-likeness (QED) is 0.709. The maximum Gasteiger partial charge on any atom is 0.129 e. The molecule has 0 aromatic carbocycles. The molecule has 4 nitrogen and oxygen atoms in total. The number of aliphatic hydroxyl groups is 2. The molecule has 0 spiro atoms. The molecule has 0 fully saturated rings. The van der Waals surface area contributed by atoms with Crippen molar-refractivity contribution in [1.29, 1.82) is 0 Å². The molecule has 90 valence electrons. The molecular weight excluding hydrogens is 204 g/mol. The second-order valence-corrected chi connectivity index (χ2v) is 5.24. The average molecular weight is 224 g/mol. The summed E-state index contributed by atoms with van der Waals surface area (Å²) in [5.74, 6) is 0.265. The van der Waals surface area contributed by atoms with Gasteiger partial charge in [0.25, 0.3) is 0 Å². The maximum atomic E-state index is 10.1. The summed E-state index contributed by atoms with van der Waals surface area (Å²) in [6, 6.07) is 1.75. The van der Waals surface area contributed by atoms with Crippen LogP contribution in [0.3, 0.4) is 0 Å². The Morgan fingerprint density at radius 1 is 1.31 bits per heavy atom. The highest BCUT2D eigenvalue weighted by Gasteiger charge is 2.31. The van der Waals surface area contributed by atoms with Crippen LogP contribution in [0.5, 0.6) is 0 Å². The van der Waals surface area contributed by atoms with Crippen LogP contribution in [0.15, 0.2) is 12.3 Å². The first-order valence-electron chi connectivity index (χ1n) is 5.31. The molecule has 0 aliphatic rings. The summed E-state index contributed by atoms with van der Waals surface area (Å²) in [6.45, 7) is 7.45. The lowest BCUT2D eigenvalue weighted by Crippen LogP contribution is -2.32. The Morgan fingerprint density at radius 3 is 2.38 bits per heavy atom. The lowest BCUT2D eigenvalue weighted by Gasteiger charge is -2.30. The third-order valence-electron chi connectivity index (χ3n) is 2.59. The van der Waals surface area contributed by atoms with E-state index in [9.17, 15) is 10.2 Å². The molecule has 0 radical (unpaired) electrons. The van der Waals surface area contributed by atoms with Crippen LogP contribution in [0, 0.1) is 12.3 Å². The molecule has 0 aliphatic carbocycles. The molecule has 4 N–H and O–H groups in total. The lowest BCUT2D eigenvalue weighted by molar-refractivity contribution is -0.0456. The Labute approximate surface area is 96.1 Å². The topological polar surface area (TPSA) is 79.4 Å². The molecule has 1 rings (SSSR count). The van der Waals surface area contributed by atoms with E-state index in [0.717, 1.165) is 5.56 Å². The molecule has 0 saturated carbocycles. The van der Waals surface area contributed by atoms with E-state index in [1.165, 1.54) is 0 Å². The third-order valence-corrected chi connectivity index (χ3v) is 2.59. The summed E-state index contributed by atoms with van der Waals surface area (Å²) < 4.78 is 0. The van der Waals surface area contributed by atoms with Crippen LogP contribution in [-0.4, -0.2) is 21.3 Å². The molecule has 2 unspecified atom stereocenters. The zero-order valence-corrected chi connectivity index (χ0v) is 10.2. The second kappa shape index (κ2) is 4.39. The van der Waals surface area contributed by atoms with Crippen LogP contribution in [-0.2, 0) is 0 Å². The van der Waals surface area contributed by atoms with Gasteiger partial charge >= 0.3 is 0 Å². The zero-order chi connectivity index (χ0) is 12.5. The summed E-state index contributed by atoms with van der Waals surface area (Å²) in [4.78, 5) is 3.97. The first-order chi connectivity index (χ1) is 7.23. The third kappa shape index (κ3) is 2.71. The molecule has 1 aromatic rings. The van der Waals surface area contributed by atoms with E-state index < -0.39 is 17.6 Å². The average Bonchev–Trinajstić information content (AvgIpc) is 2.18. The predicted octanol–water partition coefficient (Wildman–Crippen LogP) is 1.41. The van der Waals surface area contributed by atoms with Crippen molar-refractivity contribution in [3.05, 3.63) is 23.4 Å². The Bertz CT molecular complexity index is 372. The minimum absolute atomic E-state index is 0.265. The number of anilines is 1. The lowest BCUT2D eigenvalue weighted by atomic mass is 9.83. The zero-order valence-electron chi connectivity index (χ0n) is 10.2. The smallest absolute Gasteiger partial charge is 0.129 e. The number of rotatable bonds is 2. The summed E-state index contributed by atoms with van der Waals surface area (Å²) in [7, 11) is 0. The van der Waals surface area contributed by atoms with Crippen molar-refractivity contribution in [3.8, 4) is 0 Å². The minimum atomic E-state index is -1.01. The molecule has 0 bridgehead atoms. The number of pyridine rings is 1. The Morgan fingerprint density at radius 2 is 1.88 bits per heavy atom. The van der Waals surface area contributed by atoms with Crippen LogP contribution in [0.1, 0.15) is 38.0 Å². The van der Waals surface area contributed by atoms with Crippen molar-refractivity contribution in [3.63, 3.8) is 0 Å². The summed E-state index contributed by atoms with van der Waals surface area (Å²) in [5.41, 5.74) is 6.68. The van der Waals surface area contributed by atoms with Gasteiger partial charge in [-0.2, -0.15) is 0 Å². The first kappa shape index (κ1) is 12.9. The fraction of sp³-hybridized carbons (Fsp3) is 0.583. The highest BCUT2D eigenvalue weighted by Crippen LogP contribution is 2.32. The molecule has 16 heavy (non-hydrogen) atoms. The van der Waals surface area contributed by atoms with E-state index >= 15 is 0 Å². The number of nitrogens with zero attached hydrogens (tertiary/aromatic N) is 1. The van der Waals surface area contributed by atoms with Gasteiger partial charge in [0.2, 0.25) is 0 Å². The van der Waals surface area contributed by atoms with Crippen molar-refractivity contribution >= 4 is 5.82 Å². The largest absolute Gasteiger partial charge is 0.390 e. The number of hydrogen-bond acceptors (Lipinski definition) is 4. The molecule has 2 atom stereocenters. The van der Waals surface area contributed by atoms with Gasteiger partial charge in [-0.1, -0.05) is 20.8 Å². The van der Waals surface area contributed by atoms with Gasteiger partial charge in [0.05, 0.1) is 6.10 Å². The van der Waals surface area contributed by atoms with Gasteiger partial charge in [0.1, 0.15) is 11.9 Å². The van der Waals surface area contributed by atoms with Crippen molar-refractivity contribution in [2.45, 2.75) is 39.9 Å². The van der Waals surface area contributed by atoms with Crippen LogP contribution in [0.4, 0.5) is 5.82 Å². The fourth-order valence-corrected chi connectivity index (χ4v) is 1.48. The molecule has 4 heteroatoms. The summed E-state index contributed by atoms with van der Waals surface area (Å²) >= 11 is 0. The van der Waals surface area contributed by atoms with Crippen LogP contribution in [0.25, 0.3) is 0 Å². The van der Waals surface area contributed by atoms with Crippen LogP contribution < -0.4 is 5.73 Å². The van der Waals surface area contributed by atoms with E-state index in [-0.39, 0.29) is 5.82 Å². The Hall–Kier alpha value is -1.13. The summed E-state index contributed by atoms with van der Waals surface area (Å²) in [6.07, 6.45) is -0.250. The van der Waals surface area contributed by atoms with Gasteiger partial charge in [-0.3, -0.25) is 0 Å². The van der Waals surface area contributed by atoms with E-state index in [1.807, 2.05) is 27.7 Å². The van der Waals surface area contributed by atoms with Gasteiger partial charge in [0.15, 0.2) is 0 Å². The second-order valence-electron chi connectivity index (χ2n) is 5.24. The normalized spacial score (nSPS) is 15.9. The van der Waals surface area contributed by atoms with Gasteiger partial charge in [-0.15, -0.1) is 0 Å². The molecule has 0 amide bonds. The Balaban J connectivity index is 3.05. The fourth-order valence-electron chi connectivity index (χ4n) is 1.48. The van der Waals surface area contributed by atoms with Gasteiger partial charge in [0, 0.05) is 11.8 Å². The molecule has 0 aliphatic heterocycles. The standard InChI is InChI=1S/C12H20N2O2/c1-7-5-8(11(13)14-6-7)9(15)10(16)12(2,3)4/h5-6,9-10,15-16H,1-4H3,(H2,13,14). The van der Waals surface area contributed by atoms with Crippen molar-refractivity contribution in [2.75, 3.05) is 5.73 Å². The number of hydrogen-bond donors (Lipinski definition) is 3. The number of nitrogen functional groups attached to an aromatic ring is 1. The number of aryl methyl sites for hydroxylation is 1. The number of aromatic nitrogens is 1. The van der Waals surface area contributed by atoms with Crippen LogP contribution in [0.2, 0.25) is 0 Å². The monoisotopic (exact) mass is 224 g/mol. The SMILES string of the molecule is Cc1cnc(N)c(C(O)C(O)C(C)(C)C)c1. The number of nitrogens with two attached hydrogens (primary N) is 1. The van der Waals surface area contributed by atoms with E-state index in [1.54, 1.807) is 12.3 Å². The van der Waals surface area contributed by atoms with Gasteiger partial charge < -0.3 is 15.9 Å². The summed E-state index contributed by atoms with van der Waals surface area (Å²) in [5, 5.41) is 20.0. The van der Waals surface area contributed by atoms with Crippen molar-refractivity contribution in [2.24, 2.45) is 5.41 Å². The van der Waals surface area contributed by atoms with Crippen molar-refractivity contribution in [1.82, 2.24) is 4.98 Å². The first-order valence-corrected chi connectivity index (χ1v) is 5.31. The van der Waals surface area contributed by atoms with Crippen molar-refractivity contribution < 1.29 is 10.2 Å². The van der Waals surface area contributed by atoms with Crippen LogP contribution >= 0.6 is 0 Å². The predicted molar refractivity (Wildman–Crippen MR) is 63.8 cm³/mol. The molecule has 1 heterocycles. The van der Waals surface area contributed by atoms with E-state index in [4.69, 9.17) is 5.73 Å². The maximum absolute atomic E-state index is 10.1.